The van der Waals surface area contributed by atoms with Gasteiger partial charge in [0.05, 0.1) is 16.7 Å². The molecule has 12 heteroatoms. The largest absolute Gasteiger partial charge is 0.342 e. The maximum atomic E-state index is 12.7. The van der Waals surface area contributed by atoms with Crippen molar-refractivity contribution in [2.45, 2.75) is 32.0 Å². The lowest BCUT2D eigenvalue weighted by atomic mass is 10.0. The first kappa shape index (κ1) is 25.2. The number of nitrogens with zero attached hydrogens (tertiary/aromatic N) is 3. The van der Waals surface area contributed by atoms with Crippen LogP contribution < -0.4 is 10.6 Å². The van der Waals surface area contributed by atoms with Crippen molar-refractivity contribution in [3.8, 4) is 0 Å². The van der Waals surface area contributed by atoms with Crippen LogP contribution in [0.15, 0.2) is 47.6 Å². The molecular weight excluding hydrogens is 480 g/mol. The lowest BCUT2D eigenvalue weighted by Crippen LogP contribution is -2.32. The SMILES string of the molecule is Cc1ccc(Cl)cc1NC(=O)CSc1n[nH]c([C@@H](NC(=O)c2cccc([N+](=O)[O-])c2)C(C)C)n1. The van der Waals surface area contributed by atoms with E-state index in [4.69, 9.17) is 11.6 Å². The number of carbonyl (C=O) groups excluding carboxylic acids is 2. The normalized spacial score (nSPS) is 11.8. The average molecular weight is 503 g/mol. The number of H-pyrrole nitrogens is 1. The van der Waals surface area contributed by atoms with Crippen molar-refractivity contribution in [3.63, 3.8) is 0 Å². The molecule has 0 aliphatic heterocycles. The molecule has 10 nitrogen and oxygen atoms in total. The fourth-order valence-electron chi connectivity index (χ4n) is 3.04. The van der Waals surface area contributed by atoms with Crippen LogP contribution in [-0.2, 0) is 4.79 Å². The zero-order valence-electron chi connectivity index (χ0n) is 18.7. The number of hydrogen-bond acceptors (Lipinski definition) is 7. The number of benzene rings is 2. The van der Waals surface area contributed by atoms with Gasteiger partial charge in [0.1, 0.15) is 5.82 Å². The number of nitro benzene ring substituents is 1. The fraction of sp³-hybridized carbons (Fsp3) is 0.273. The van der Waals surface area contributed by atoms with E-state index in [0.29, 0.717) is 21.7 Å². The summed E-state index contributed by atoms with van der Waals surface area (Å²) in [6.07, 6.45) is 0. The Bertz CT molecular complexity index is 1220. The molecule has 0 bridgehead atoms. The first-order chi connectivity index (χ1) is 16.1. The molecule has 0 saturated carbocycles. The summed E-state index contributed by atoms with van der Waals surface area (Å²) in [6.45, 7) is 5.66. The van der Waals surface area contributed by atoms with Gasteiger partial charge in [0, 0.05) is 28.4 Å². The quantitative estimate of drug-likeness (QED) is 0.221. The van der Waals surface area contributed by atoms with Crippen molar-refractivity contribution < 1.29 is 14.5 Å². The second-order valence-electron chi connectivity index (χ2n) is 7.80. The van der Waals surface area contributed by atoms with E-state index in [0.717, 1.165) is 17.3 Å². The number of aromatic nitrogens is 3. The van der Waals surface area contributed by atoms with Crippen LogP contribution in [0.5, 0.6) is 0 Å². The minimum Gasteiger partial charge on any atom is -0.342 e. The van der Waals surface area contributed by atoms with Crippen molar-refractivity contribution in [1.82, 2.24) is 20.5 Å². The number of carbonyl (C=O) groups is 2. The lowest BCUT2D eigenvalue weighted by Gasteiger charge is -2.19. The summed E-state index contributed by atoms with van der Waals surface area (Å²) < 4.78 is 0. The molecule has 2 amide bonds. The highest BCUT2D eigenvalue weighted by Crippen LogP contribution is 2.24. The highest BCUT2D eigenvalue weighted by Gasteiger charge is 2.24. The summed E-state index contributed by atoms with van der Waals surface area (Å²) in [6, 6.07) is 10.2. The van der Waals surface area contributed by atoms with E-state index in [2.05, 4.69) is 25.8 Å². The van der Waals surface area contributed by atoms with Gasteiger partial charge in [-0.3, -0.25) is 24.8 Å². The Morgan fingerprint density at radius 1 is 1.24 bits per heavy atom. The van der Waals surface area contributed by atoms with E-state index in [1.54, 1.807) is 12.1 Å². The van der Waals surface area contributed by atoms with Crippen molar-refractivity contribution in [2.24, 2.45) is 5.92 Å². The maximum Gasteiger partial charge on any atom is 0.270 e. The summed E-state index contributed by atoms with van der Waals surface area (Å²) in [5, 5.41) is 24.5. The molecule has 0 aliphatic carbocycles. The van der Waals surface area contributed by atoms with Crippen LogP contribution in [-0.4, -0.2) is 37.7 Å². The van der Waals surface area contributed by atoms with Gasteiger partial charge in [0.2, 0.25) is 11.1 Å². The van der Waals surface area contributed by atoms with Gasteiger partial charge in [-0.15, -0.1) is 5.10 Å². The zero-order chi connectivity index (χ0) is 24.8. The van der Waals surface area contributed by atoms with E-state index in [-0.39, 0.29) is 28.8 Å². The molecule has 3 aromatic rings. The average Bonchev–Trinajstić information content (AvgIpc) is 3.26. The molecule has 0 unspecified atom stereocenters. The Hall–Kier alpha value is -3.44. The van der Waals surface area contributed by atoms with Crippen molar-refractivity contribution in [2.75, 3.05) is 11.1 Å². The standard InChI is InChI=1S/C22H23ClN6O4S/c1-12(2)19(25-21(31)14-5-4-6-16(9-14)29(32)33)20-26-22(28-27-20)34-11-18(30)24-17-10-15(23)8-7-13(17)3/h4-10,12,19H,11H2,1-3H3,(H,24,30)(H,25,31)(H,26,27,28)/t19-/m0/s1. The predicted octanol–water partition coefficient (Wildman–Crippen LogP) is 4.53. The summed E-state index contributed by atoms with van der Waals surface area (Å²) in [7, 11) is 0. The third-order valence-corrected chi connectivity index (χ3v) is 5.94. The number of aryl methyl sites for hydroxylation is 1. The van der Waals surface area contributed by atoms with Crippen LogP contribution >= 0.6 is 23.4 Å². The van der Waals surface area contributed by atoms with Crippen LogP contribution in [0.3, 0.4) is 0 Å². The summed E-state index contributed by atoms with van der Waals surface area (Å²) in [5.41, 5.74) is 1.53. The van der Waals surface area contributed by atoms with Crippen LogP contribution in [0.1, 0.15) is 41.6 Å². The molecule has 1 atom stereocenters. The van der Waals surface area contributed by atoms with E-state index in [1.165, 1.54) is 24.3 Å². The highest BCUT2D eigenvalue weighted by atomic mass is 35.5. The first-order valence-electron chi connectivity index (χ1n) is 10.3. The van der Waals surface area contributed by atoms with Gasteiger partial charge < -0.3 is 10.6 Å². The Morgan fingerprint density at radius 2 is 2.00 bits per heavy atom. The zero-order valence-corrected chi connectivity index (χ0v) is 20.2. The Labute approximate surface area is 205 Å². The Morgan fingerprint density at radius 3 is 2.71 bits per heavy atom. The lowest BCUT2D eigenvalue weighted by molar-refractivity contribution is -0.384. The Kier molecular flexibility index (Phi) is 8.24. The van der Waals surface area contributed by atoms with Crippen LogP contribution in [0.25, 0.3) is 0 Å². The Balaban J connectivity index is 1.63. The van der Waals surface area contributed by atoms with Crippen molar-refractivity contribution >= 4 is 46.6 Å². The summed E-state index contributed by atoms with van der Waals surface area (Å²) >= 11 is 7.13. The molecule has 1 aromatic heterocycles. The third-order valence-electron chi connectivity index (χ3n) is 4.86. The number of aromatic amines is 1. The number of rotatable bonds is 9. The molecule has 3 N–H and O–H groups in total. The van der Waals surface area contributed by atoms with E-state index in [1.807, 2.05) is 26.8 Å². The van der Waals surface area contributed by atoms with Crippen LogP contribution in [0, 0.1) is 23.0 Å². The molecule has 2 aromatic carbocycles. The summed E-state index contributed by atoms with van der Waals surface area (Å²) in [4.78, 5) is 39.9. The number of amides is 2. The molecule has 0 spiro atoms. The van der Waals surface area contributed by atoms with Gasteiger partial charge >= 0.3 is 0 Å². The number of nitro groups is 1. The van der Waals surface area contributed by atoms with E-state index >= 15 is 0 Å². The number of nitrogens with one attached hydrogen (secondary N) is 3. The van der Waals surface area contributed by atoms with Crippen LogP contribution in [0.4, 0.5) is 11.4 Å². The molecule has 0 fully saturated rings. The molecule has 0 radical (unpaired) electrons. The fourth-order valence-corrected chi connectivity index (χ4v) is 3.82. The molecule has 0 aliphatic rings. The topological polar surface area (TPSA) is 143 Å². The van der Waals surface area contributed by atoms with Crippen LogP contribution in [0.2, 0.25) is 5.02 Å². The number of non-ortho nitro benzene ring substituents is 1. The van der Waals surface area contributed by atoms with E-state index in [9.17, 15) is 19.7 Å². The first-order valence-corrected chi connectivity index (χ1v) is 11.7. The predicted molar refractivity (Wildman–Crippen MR) is 130 cm³/mol. The van der Waals surface area contributed by atoms with Gasteiger partial charge in [-0.2, -0.15) is 0 Å². The van der Waals surface area contributed by atoms with Gasteiger partial charge in [0.25, 0.3) is 11.6 Å². The number of hydrogen-bond donors (Lipinski definition) is 3. The molecule has 34 heavy (non-hydrogen) atoms. The summed E-state index contributed by atoms with van der Waals surface area (Å²) in [5.74, 6) is -0.259. The second-order valence-corrected chi connectivity index (χ2v) is 9.18. The maximum absolute atomic E-state index is 12.7. The second kappa shape index (κ2) is 11.1. The smallest absolute Gasteiger partial charge is 0.270 e. The third kappa shape index (κ3) is 6.55. The number of thioether (sulfide) groups is 1. The monoisotopic (exact) mass is 502 g/mol. The highest BCUT2D eigenvalue weighted by molar-refractivity contribution is 7.99. The molecule has 0 saturated heterocycles. The van der Waals surface area contributed by atoms with Gasteiger partial charge in [-0.1, -0.05) is 49.3 Å². The molecular formula is C22H23ClN6O4S. The van der Waals surface area contributed by atoms with Gasteiger partial charge in [-0.05, 0) is 36.6 Å². The van der Waals surface area contributed by atoms with Gasteiger partial charge in [-0.25, -0.2) is 4.98 Å². The number of halogens is 1. The molecule has 3 rings (SSSR count). The van der Waals surface area contributed by atoms with Gasteiger partial charge in [0.15, 0.2) is 0 Å². The van der Waals surface area contributed by atoms with Crippen molar-refractivity contribution in [1.29, 1.82) is 0 Å². The minimum atomic E-state index is -0.555. The molecule has 1 heterocycles. The van der Waals surface area contributed by atoms with Crippen molar-refractivity contribution in [3.05, 3.63) is 74.6 Å². The number of anilines is 1. The minimum absolute atomic E-state index is 0.0532. The van der Waals surface area contributed by atoms with E-state index < -0.39 is 16.9 Å². The molecule has 178 valence electrons.